The summed E-state index contributed by atoms with van der Waals surface area (Å²) < 4.78 is 15.8. The molecule has 1 saturated heterocycles. The van der Waals surface area contributed by atoms with Crippen LogP contribution in [-0.2, 0) is 22.5 Å². The first-order chi connectivity index (χ1) is 5.93. The summed E-state index contributed by atoms with van der Waals surface area (Å²) in [5, 5.41) is 0. The molecule has 1 aromatic rings. The minimum Gasteiger partial charge on any atom is -0.442 e. The quantitative estimate of drug-likeness (QED) is 0.581. The highest BCUT2D eigenvalue weighted by Crippen LogP contribution is 2.31. The highest BCUT2D eigenvalue weighted by Gasteiger charge is 2.32. The van der Waals surface area contributed by atoms with Crippen LogP contribution >= 0.6 is 0 Å². The molecule has 1 fully saturated rings. The number of rotatable bonds is 1. The van der Waals surface area contributed by atoms with E-state index in [1.165, 1.54) is 0 Å². The molecule has 0 N–H and O–H groups in total. The van der Waals surface area contributed by atoms with Crippen LogP contribution in [0.5, 0.6) is 0 Å². The predicted octanol–water partition coefficient (Wildman–Crippen LogP) is 0.819. The van der Waals surface area contributed by atoms with E-state index in [4.69, 9.17) is 13.9 Å². The van der Waals surface area contributed by atoms with E-state index < -0.39 is 0 Å². The number of fused-ring (bicyclic) bond motifs is 1. The van der Waals surface area contributed by atoms with Gasteiger partial charge in [0, 0.05) is 6.42 Å². The summed E-state index contributed by atoms with van der Waals surface area (Å²) in [6, 6.07) is 0. The summed E-state index contributed by atoms with van der Waals surface area (Å²) in [6.45, 7) is 2.08. The molecule has 0 aromatic carbocycles. The molecule has 3 rings (SSSR count). The van der Waals surface area contributed by atoms with Crippen molar-refractivity contribution in [3.05, 3.63) is 17.3 Å². The third-order valence-corrected chi connectivity index (χ3v) is 2.12. The van der Waals surface area contributed by atoms with Gasteiger partial charge < -0.3 is 13.9 Å². The Labute approximate surface area is 69.5 Å². The molecular formula is C8H9NO3. The van der Waals surface area contributed by atoms with Crippen molar-refractivity contribution in [1.82, 2.24) is 4.98 Å². The lowest BCUT2D eigenvalue weighted by atomic mass is 10.2. The summed E-state index contributed by atoms with van der Waals surface area (Å²) in [6.07, 6.45) is 0.963. The number of hydrogen-bond acceptors (Lipinski definition) is 4. The van der Waals surface area contributed by atoms with Crippen LogP contribution < -0.4 is 0 Å². The maximum absolute atomic E-state index is 5.51. The SMILES string of the molecule is C1Cc2oc(C3CO3)nc2CO1. The van der Waals surface area contributed by atoms with Crippen molar-refractivity contribution in [3.8, 4) is 0 Å². The summed E-state index contributed by atoms with van der Waals surface area (Å²) in [5.74, 6) is 1.71. The van der Waals surface area contributed by atoms with Gasteiger partial charge in [0.25, 0.3) is 0 Å². The highest BCUT2D eigenvalue weighted by atomic mass is 16.6. The van der Waals surface area contributed by atoms with Crippen molar-refractivity contribution in [3.63, 3.8) is 0 Å². The van der Waals surface area contributed by atoms with Crippen LogP contribution in [0.2, 0.25) is 0 Å². The second kappa shape index (κ2) is 2.31. The normalized spacial score (nSPS) is 26.8. The van der Waals surface area contributed by atoms with Crippen molar-refractivity contribution >= 4 is 0 Å². The molecule has 1 aromatic heterocycles. The van der Waals surface area contributed by atoms with Crippen molar-refractivity contribution in [2.24, 2.45) is 0 Å². The number of nitrogens with zero attached hydrogens (tertiary/aromatic N) is 1. The van der Waals surface area contributed by atoms with E-state index in [0.717, 1.165) is 37.0 Å². The van der Waals surface area contributed by atoms with Gasteiger partial charge in [-0.15, -0.1) is 0 Å². The fraction of sp³-hybridized carbons (Fsp3) is 0.625. The molecule has 0 amide bonds. The molecule has 2 aliphatic rings. The van der Waals surface area contributed by atoms with Gasteiger partial charge in [0.1, 0.15) is 11.5 Å². The first-order valence-electron chi connectivity index (χ1n) is 4.11. The number of ether oxygens (including phenoxy) is 2. The number of oxazole rings is 1. The molecule has 0 saturated carbocycles. The van der Waals surface area contributed by atoms with Crippen LogP contribution in [0.4, 0.5) is 0 Å². The summed E-state index contributed by atoms with van der Waals surface area (Å²) >= 11 is 0. The summed E-state index contributed by atoms with van der Waals surface area (Å²) in [4.78, 5) is 4.30. The molecule has 0 spiro atoms. The Hall–Kier alpha value is -0.870. The Balaban J connectivity index is 1.97. The largest absolute Gasteiger partial charge is 0.442 e. The fourth-order valence-electron chi connectivity index (χ4n) is 1.37. The molecule has 3 heterocycles. The fourth-order valence-corrected chi connectivity index (χ4v) is 1.37. The van der Waals surface area contributed by atoms with Crippen molar-refractivity contribution in [2.75, 3.05) is 13.2 Å². The molecular weight excluding hydrogens is 158 g/mol. The van der Waals surface area contributed by atoms with Gasteiger partial charge in [-0.3, -0.25) is 0 Å². The molecule has 1 unspecified atom stereocenters. The zero-order valence-corrected chi connectivity index (χ0v) is 6.58. The highest BCUT2D eigenvalue weighted by molar-refractivity contribution is 5.13. The van der Waals surface area contributed by atoms with E-state index in [1.54, 1.807) is 0 Å². The van der Waals surface area contributed by atoms with Crippen molar-refractivity contribution < 1.29 is 13.9 Å². The second-order valence-electron chi connectivity index (χ2n) is 3.05. The zero-order chi connectivity index (χ0) is 7.97. The smallest absolute Gasteiger partial charge is 0.226 e. The Morgan fingerprint density at radius 2 is 2.33 bits per heavy atom. The van der Waals surface area contributed by atoms with Crippen molar-refractivity contribution in [1.29, 1.82) is 0 Å². The van der Waals surface area contributed by atoms with Crippen LogP contribution in [0, 0.1) is 0 Å². The van der Waals surface area contributed by atoms with Gasteiger partial charge in [-0.1, -0.05) is 0 Å². The third kappa shape index (κ3) is 0.956. The first-order valence-corrected chi connectivity index (χ1v) is 4.11. The molecule has 0 radical (unpaired) electrons. The zero-order valence-electron chi connectivity index (χ0n) is 6.58. The minimum absolute atomic E-state index is 0.121. The predicted molar refractivity (Wildman–Crippen MR) is 38.6 cm³/mol. The summed E-state index contributed by atoms with van der Waals surface area (Å²) in [7, 11) is 0. The van der Waals surface area contributed by atoms with E-state index in [1.807, 2.05) is 0 Å². The average molecular weight is 167 g/mol. The topological polar surface area (TPSA) is 47.8 Å². The lowest BCUT2D eigenvalue weighted by Gasteiger charge is -2.07. The van der Waals surface area contributed by atoms with Gasteiger partial charge in [-0.05, 0) is 0 Å². The number of aromatic nitrogens is 1. The first kappa shape index (κ1) is 6.62. The average Bonchev–Trinajstić information content (AvgIpc) is 2.85. The van der Waals surface area contributed by atoms with Gasteiger partial charge in [0.15, 0.2) is 6.10 Å². The maximum atomic E-state index is 5.51. The molecule has 0 bridgehead atoms. The second-order valence-corrected chi connectivity index (χ2v) is 3.05. The number of epoxide rings is 1. The Kier molecular flexibility index (Phi) is 1.27. The molecule has 2 aliphatic heterocycles. The molecule has 1 atom stereocenters. The van der Waals surface area contributed by atoms with Crippen LogP contribution in [0.15, 0.2) is 4.42 Å². The van der Waals surface area contributed by atoms with Crippen LogP contribution in [-0.4, -0.2) is 18.2 Å². The third-order valence-electron chi connectivity index (χ3n) is 2.12. The molecule has 12 heavy (non-hydrogen) atoms. The lowest BCUT2D eigenvalue weighted by molar-refractivity contribution is 0.102. The van der Waals surface area contributed by atoms with Gasteiger partial charge in [-0.25, -0.2) is 4.98 Å². The van der Waals surface area contributed by atoms with Gasteiger partial charge in [0.2, 0.25) is 5.89 Å². The Bertz CT molecular complexity index is 280. The van der Waals surface area contributed by atoms with E-state index in [-0.39, 0.29) is 6.10 Å². The molecule has 4 heteroatoms. The maximum Gasteiger partial charge on any atom is 0.226 e. The molecule has 4 nitrogen and oxygen atoms in total. The lowest BCUT2D eigenvalue weighted by Crippen LogP contribution is -2.07. The Morgan fingerprint density at radius 3 is 3.08 bits per heavy atom. The van der Waals surface area contributed by atoms with Gasteiger partial charge in [0.05, 0.1) is 19.8 Å². The van der Waals surface area contributed by atoms with Gasteiger partial charge in [-0.2, -0.15) is 0 Å². The minimum atomic E-state index is 0.121. The Morgan fingerprint density at radius 1 is 1.42 bits per heavy atom. The number of hydrogen-bond donors (Lipinski definition) is 0. The van der Waals surface area contributed by atoms with Gasteiger partial charge >= 0.3 is 0 Å². The van der Waals surface area contributed by atoms with Crippen LogP contribution in [0.3, 0.4) is 0 Å². The molecule has 0 aliphatic carbocycles. The van der Waals surface area contributed by atoms with E-state index >= 15 is 0 Å². The van der Waals surface area contributed by atoms with Crippen LogP contribution in [0.25, 0.3) is 0 Å². The molecule has 64 valence electrons. The summed E-state index contributed by atoms with van der Waals surface area (Å²) in [5.41, 5.74) is 0.951. The van der Waals surface area contributed by atoms with Crippen LogP contribution in [0.1, 0.15) is 23.4 Å². The van der Waals surface area contributed by atoms with E-state index in [0.29, 0.717) is 6.61 Å². The monoisotopic (exact) mass is 167 g/mol. The van der Waals surface area contributed by atoms with E-state index in [9.17, 15) is 0 Å². The van der Waals surface area contributed by atoms with Crippen molar-refractivity contribution in [2.45, 2.75) is 19.1 Å². The van der Waals surface area contributed by atoms with E-state index in [2.05, 4.69) is 4.98 Å². The standard InChI is InChI=1S/C8H9NO3/c1-2-10-3-5-6(1)12-8(9-5)7-4-11-7/h7H,1-4H2.